The van der Waals surface area contributed by atoms with Gasteiger partial charge < -0.3 is 5.32 Å². The molecule has 1 N–H and O–H groups in total. The van der Waals surface area contributed by atoms with E-state index in [1.165, 1.54) is 29.8 Å². The maximum absolute atomic E-state index is 3.56. The fourth-order valence-electron chi connectivity index (χ4n) is 1.83. The SMILES string of the molecule is Cc1ccsc1CNCC(C)C1CC1. The van der Waals surface area contributed by atoms with Crippen LogP contribution in [-0.4, -0.2) is 6.54 Å². The summed E-state index contributed by atoms with van der Waals surface area (Å²) >= 11 is 1.86. The topological polar surface area (TPSA) is 12.0 Å². The Hall–Kier alpha value is -0.340. The van der Waals surface area contributed by atoms with Crippen molar-refractivity contribution in [1.29, 1.82) is 0 Å². The highest BCUT2D eigenvalue weighted by atomic mass is 32.1. The first-order chi connectivity index (χ1) is 6.77. The molecule has 14 heavy (non-hydrogen) atoms. The van der Waals surface area contributed by atoms with Gasteiger partial charge in [-0.25, -0.2) is 0 Å². The van der Waals surface area contributed by atoms with E-state index in [1.54, 1.807) is 0 Å². The maximum atomic E-state index is 3.56. The van der Waals surface area contributed by atoms with Gasteiger partial charge in [-0.2, -0.15) is 0 Å². The van der Waals surface area contributed by atoms with Crippen LogP contribution in [-0.2, 0) is 6.54 Å². The van der Waals surface area contributed by atoms with Crippen molar-refractivity contribution in [2.24, 2.45) is 11.8 Å². The Morgan fingerprint density at radius 1 is 1.57 bits per heavy atom. The molecule has 0 radical (unpaired) electrons. The van der Waals surface area contributed by atoms with E-state index in [9.17, 15) is 0 Å². The summed E-state index contributed by atoms with van der Waals surface area (Å²) in [5, 5.41) is 5.74. The van der Waals surface area contributed by atoms with Crippen LogP contribution in [0.25, 0.3) is 0 Å². The van der Waals surface area contributed by atoms with Gasteiger partial charge in [-0.15, -0.1) is 11.3 Å². The lowest BCUT2D eigenvalue weighted by molar-refractivity contribution is 0.462. The van der Waals surface area contributed by atoms with Gasteiger partial charge in [-0.3, -0.25) is 0 Å². The molecule has 1 aromatic rings. The monoisotopic (exact) mass is 209 g/mol. The fourth-order valence-corrected chi connectivity index (χ4v) is 2.71. The van der Waals surface area contributed by atoms with Crippen LogP contribution in [0.2, 0.25) is 0 Å². The molecular formula is C12H19NS. The highest BCUT2D eigenvalue weighted by molar-refractivity contribution is 7.10. The molecule has 1 aliphatic rings. The van der Waals surface area contributed by atoms with Crippen molar-refractivity contribution in [1.82, 2.24) is 5.32 Å². The van der Waals surface area contributed by atoms with Crippen LogP contribution in [0.1, 0.15) is 30.2 Å². The van der Waals surface area contributed by atoms with Crippen LogP contribution in [0, 0.1) is 18.8 Å². The molecule has 2 heteroatoms. The van der Waals surface area contributed by atoms with Crippen LogP contribution >= 0.6 is 11.3 Å². The van der Waals surface area contributed by atoms with Crippen LogP contribution in [0.15, 0.2) is 11.4 Å². The normalized spacial score (nSPS) is 18.4. The quantitative estimate of drug-likeness (QED) is 0.785. The lowest BCUT2D eigenvalue weighted by Crippen LogP contribution is -2.21. The van der Waals surface area contributed by atoms with E-state index in [0.717, 1.165) is 18.4 Å². The molecule has 1 aromatic heterocycles. The molecule has 0 amide bonds. The average molecular weight is 209 g/mol. The molecule has 1 unspecified atom stereocenters. The second-order valence-electron chi connectivity index (χ2n) is 4.47. The first-order valence-electron chi connectivity index (χ1n) is 5.51. The molecule has 1 atom stereocenters. The highest BCUT2D eigenvalue weighted by Gasteiger charge is 2.27. The maximum Gasteiger partial charge on any atom is 0.0302 e. The minimum Gasteiger partial charge on any atom is -0.312 e. The van der Waals surface area contributed by atoms with E-state index < -0.39 is 0 Å². The Balaban J connectivity index is 1.69. The zero-order chi connectivity index (χ0) is 9.97. The zero-order valence-corrected chi connectivity index (χ0v) is 9.86. The van der Waals surface area contributed by atoms with E-state index in [2.05, 4.69) is 30.6 Å². The summed E-state index contributed by atoms with van der Waals surface area (Å²) in [6.45, 7) is 6.80. The molecule has 2 rings (SSSR count). The third kappa shape index (κ3) is 2.58. The summed E-state index contributed by atoms with van der Waals surface area (Å²) in [5.41, 5.74) is 1.43. The molecule has 1 fully saturated rings. The van der Waals surface area contributed by atoms with Crippen molar-refractivity contribution in [2.45, 2.75) is 33.2 Å². The minimum atomic E-state index is 0.871. The van der Waals surface area contributed by atoms with Crippen molar-refractivity contribution in [3.8, 4) is 0 Å². The number of nitrogens with one attached hydrogen (secondary N) is 1. The lowest BCUT2D eigenvalue weighted by atomic mass is 10.1. The number of aryl methyl sites for hydroxylation is 1. The van der Waals surface area contributed by atoms with Gasteiger partial charge in [0.2, 0.25) is 0 Å². The third-order valence-corrected chi connectivity index (χ3v) is 4.17. The van der Waals surface area contributed by atoms with Gasteiger partial charge in [0, 0.05) is 11.4 Å². The first kappa shape index (κ1) is 10.2. The van der Waals surface area contributed by atoms with Crippen LogP contribution in [0.3, 0.4) is 0 Å². The Labute approximate surface area is 90.5 Å². The fraction of sp³-hybridized carbons (Fsp3) is 0.667. The number of thiophene rings is 1. The van der Waals surface area contributed by atoms with Gasteiger partial charge in [-0.1, -0.05) is 6.92 Å². The second kappa shape index (κ2) is 4.45. The van der Waals surface area contributed by atoms with E-state index in [0.29, 0.717) is 0 Å². The molecule has 1 nitrogen and oxygen atoms in total. The zero-order valence-electron chi connectivity index (χ0n) is 9.05. The molecule has 1 aliphatic carbocycles. The van der Waals surface area contributed by atoms with Crippen molar-refractivity contribution in [3.05, 3.63) is 21.9 Å². The summed E-state index contributed by atoms with van der Waals surface area (Å²) in [6, 6.07) is 2.20. The third-order valence-electron chi connectivity index (χ3n) is 3.15. The van der Waals surface area contributed by atoms with Crippen molar-refractivity contribution in [3.63, 3.8) is 0 Å². The second-order valence-corrected chi connectivity index (χ2v) is 5.47. The van der Waals surface area contributed by atoms with Crippen LogP contribution in [0.4, 0.5) is 0 Å². The average Bonchev–Trinajstić information content (AvgIpc) is 2.93. The summed E-state index contributed by atoms with van der Waals surface area (Å²) in [4.78, 5) is 1.49. The van der Waals surface area contributed by atoms with E-state index in [-0.39, 0.29) is 0 Å². The van der Waals surface area contributed by atoms with Gasteiger partial charge in [0.25, 0.3) is 0 Å². The first-order valence-corrected chi connectivity index (χ1v) is 6.39. The van der Waals surface area contributed by atoms with E-state index >= 15 is 0 Å². The summed E-state index contributed by atoms with van der Waals surface area (Å²) in [5.74, 6) is 1.89. The van der Waals surface area contributed by atoms with E-state index in [1.807, 2.05) is 11.3 Å². The Morgan fingerprint density at radius 2 is 2.36 bits per heavy atom. The Kier molecular flexibility index (Phi) is 3.24. The van der Waals surface area contributed by atoms with Crippen LogP contribution < -0.4 is 5.32 Å². The molecule has 1 saturated carbocycles. The van der Waals surface area contributed by atoms with Gasteiger partial charge >= 0.3 is 0 Å². The molecular weight excluding hydrogens is 190 g/mol. The smallest absolute Gasteiger partial charge is 0.0302 e. The lowest BCUT2D eigenvalue weighted by Gasteiger charge is -2.10. The standard InChI is InChI=1S/C12H19NS/c1-9-5-6-14-12(9)8-13-7-10(2)11-3-4-11/h5-6,10-11,13H,3-4,7-8H2,1-2H3. The van der Waals surface area contributed by atoms with E-state index in [4.69, 9.17) is 0 Å². The number of hydrogen-bond acceptors (Lipinski definition) is 2. The van der Waals surface area contributed by atoms with Crippen LogP contribution in [0.5, 0.6) is 0 Å². The molecule has 0 saturated heterocycles. The van der Waals surface area contributed by atoms with Crippen molar-refractivity contribution < 1.29 is 0 Å². The summed E-state index contributed by atoms with van der Waals surface area (Å²) < 4.78 is 0. The Bertz CT molecular complexity index is 288. The van der Waals surface area contributed by atoms with Gasteiger partial charge in [0.05, 0.1) is 0 Å². The molecule has 78 valence electrons. The van der Waals surface area contributed by atoms with Gasteiger partial charge in [-0.05, 0) is 55.2 Å². The highest BCUT2D eigenvalue weighted by Crippen LogP contribution is 2.36. The molecule has 0 aromatic carbocycles. The van der Waals surface area contributed by atoms with Crippen molar-refractivity contribution in [2.75, 3.05) is 6.54 Å². The predicted molar refractivity (Wildman–Crippen MR) is 62.7 cm³/mol. The summed E-state index contributed by atoms with van der Waals surface area (Å²) in [7, 11) is 0. The minimum absolute atomic E-state index is 0.871. The number of rotatable bonds is 5. The van der Waals surface area contributed by atoms with Crippen molar-refractivity contribution >= 4 is 11.3 Å². The van der Waals surface area contributed by atoms with Gasteiger partial charge in [0.15, 0.2) is 0 Å². The summed E-state index contributed by atoms with van der Waals surface area (Å²) in [6.07, 6.45) is 2.92. The Morgan fingerprint density at radius 3 is 2.93 bits per heavy atom. The molecule has 0 spiro atoms. The molecule has 0 bridgehead atoms. The van der Waals surface area contributed by atoms with Gasteiger partial charge in [0.1, 0.15) is 0 Å². The number of hydrogen-bond donors (Lipinski definition) is 1. The predicted octanol–water partition coefficient (Wildman–Crippen LogP) is 3.19. The largest absolute Gasteiger partial charge is 0.312 e. The molecule has 0 aliphatic heterocycles. The molecule has 1 heterocycles.